The summed E-state index contributed by atoms with van der Waals surface area (Å²) in [5.41, 5.74) is 0. The van der Waals surface area contributed by atoms with E-state index in [1.807, 2.05) is 12.1 Å². The zero-order valence-corrected chi connectivity index (χ0v) is 10.6. The van der Waals surface area contributed by atoms with E-state index in [-0.39, 0.29) is 17.9 Å². The van der Waals surface area contributed by atoms with Crippen molar-refractivity contribution in [3.8, 4) is 11.8 Å². The molecule has 0 spiro atoms. The van der Waals surface area contributed by atoms with Gasteiger partial charge in [0.15, 0.2) is 0 Å². The van der Waals surface area contributed by atoms with Crippen molar-refractivity contribution >= 4 is 5.82 Å². The number of fused-ring (bicyclic) bond motifs is 1. The van der Waals surface area contributed by atoms with Crippen LogP contribution in [-0.2, 0) is 6.54 Å². The maximum Gasteiger partial charge on any atom is 0.414 e. The van der Waals surface area contributed by atoms with Crippen LogP contribution in [0.3, 0.4) is 0 Å². The molecule has 0 unspecified atom stereocenters. The lowest BCUT2D eigenvalue weighted by molar-refractivity contribution is -0.389. The van der Waals surface area contributed by atoms with Gasteiger partial charge in [-0.3, -0.25) is 4.57 Å². The number of hydrogen-bond donors (Lipinski definition) is 0. The molecule has 1 atom stereocenters. The molecule has 1 aliphatic rings. The van der Waals surface area contributed by atoms with Crippen LogP contribution < -0.4 is 9.47 Å². The molecule has 0 saturated heterocycles. The van der Waals surface area contributed by atoms with Gasteiger partial charge < -0.3 is 19.6 Å². The largest absolute Gasteiger partial charge is 0.490 e. The fraction of sp³-hybridized carbons (Fsp3) is 0.308. The molecular weight excluding hydrogens is 262 g/mol. The fourth-order valence-electron chi connectivity index (χ4n) is 1.99. The molecule has 7 heteroatoms. The molecule has 1 aromatic carbocycles. The van der Waals surface area contributed by atoms with Gasteiger partial charge in [-0.25, -0.2) is 0 Å². The van der Waals surface area contributed by atoms with Gasteiger partial charge in [0, 0.05) is 17.9 Å². The molecule has 0 bridgehead atoms. The Morgan fingerprint density at radius 1 is 1.55 bits per heavy atom. The minimum absolute atomic E-state index is 0.159. The van der Waals surface area contributed by atoms with Gasteiger partial charge in [-0.05, 0) is 23.1 Å². The predicted molar refractivity (Wildman–Crippen MR) is 68.7 cm³/mol. The monoisotopic (exact) mass is 274 g/mol. The number of hydrogen-bond acceptors (Lipinski definition) is 5. The number of aryl methyl sites for hydroxylation is 1. The molecule has 0 N–H and O–H groups in total. The number of benzene rings is 1. The molecule has 20 heavy (non-hydrogen) atoms. The molecular formula is C13H12N3O4. The average Bonchev–Trinajstić information content (AvgIpc) is 2.89. The summed E-state index contributed by atoms with van der Waals surface area (Å²) in [5.74, 6) is 0.549. The fourth-order valence-corrected chi connectivity index (χ4v) is 1.99. The smallest absolute Gasteiger partial charge is 0.414 e. The summed E-state index contributed by atoms with van der Waals surface area (Å²) in [5, 5.41) is 10.7. The van der Waals surface area contributed by atoms with Crippen molar-refractivity contribution in [2.45, 2.75) is 19.1 Å². The normalized spacial score (nSPS) is 17.1. The first-order valence-electron chi connectivity index (χ1n) is 6.19. The third-order valence-electron chi connectivity index (χ3n) is 3.00. The van der Waals surface area contributed by atoms with Crippen LogP contribution in [0.25, 0.3) is 0 Å². The van der Waals surface area contributed by atoms with E-state index in [4.69, 9.17) is 9.47 Å². The average molecular weight is 274 g/mol. The lowest BCUT2D eigenvalue weighted by Crippen LogP contribution is -2.31. The Morgan fingerprint density at radius 2 is 2.35 bits per heavy atom. The lowest BCUT2D eigenvalue weighted by Gasteiger charge is -2.22. The van der Waals surface area contributed by atoms with Crippen molar-refractivity contribution in [1.29, 1.82) is 0 Å². The van der Waals surface area contributed by atoms with Crippen LogP contribution in [0.1, 0.15) is 6.42 Å². The van der Waals surface area contributed by atoms with Crippen LogP contribution in [0, 0.1) is 16.2 Å². The van der Waals surface area contributed by atoms with Crippen molar-refractivity contribution in [2.24, 2.45) is 0 Å². The number of rotatable bonds is 4. The maximum absolute atomic E-state index is 10.7. The van der Waals surface area contributed by atoms with Gasteiger partial charge in [0.1, 0.15) is 24.7 Å². The van der Waals surface area contributed by atoms with E-state index in [0.29, 0.717) is 13.2 Å². The topological polar surface area (TPSA) is 79.4 Å². The van der Waals surface area contributed by atoms with Gasteiger partial charge in [-0.15, -0.1) is 0 Å². The van der Waals surface area contributed by atoms with E-state index in [9.17, 15) is 10.1 Å². The standard InChI is InChI=1S/C13H12N3O4/c17-16(18)12-8-15-7-6-11(20-13(15)14-12)9-19-10-4-2-1-3-5-10/h2-5,8,11H,6-7,9H2/t11-/m1/s1. The molecule has 7 nitrogen and oxygen atoms in total. The SMILES string of the molecule is O=[N+]([O-])c1cn2c(n1)O[C@@H](COc1cc[c]cc1)CC2. The first kappa shape index (κ1) is 12.5. The Bertz CT molecular complexity index is 611. The van der Waals surface area contributed by atoms with Crippen molar-refractivity contribution in [2.75, 3.05) is 6.61 Å². The highest BCUT2D eigenvalue weighted by Gasteiger charge is 2.28. The molecule has 1 aliphatic heterocycles. The summed E-state index contributed by atoms with van der Waals surface area (Å²) in [6.45, 7) is 1.01. The van der Waals surface area contributed by atoms with E-state index in [0.717, 1.165) is 12.2 Å². The van der Waals surface area contributed by atoms with Crippen LogP contribution in [0.2, 0.25) is 0 Å². The Morgan fingerprint density at radius 3 is 3.10 bits per heavy atom. The molecule has 0 amide bonds. The minimum atomic E-state index is -0.527. The minimum Gasteiger partial charge on any atom is -0.490 e. The number of imidazole rings is 1. The molecule has 1 aromatic heterocycles. The molecule has 0 fully saturated rings. The molecule has 0 aliphatic carbocycles. The number of ether oxygens (including phenoxy) is 2. The van der Waals surface area contributed by atoms with Crippen LogP contribution in [0.4, 0.5) is 5.82 Å². The highest BCUT2D eigenvalue weighted by Crippen LogP contribution is 2.24. The molecule has 1 radical (unpaired) electrons. The Labute approximate surface area is 114 Å². The van der Waals surface area contributed by atoms with Gasteiger partial charge in [0.2, 0.25) is 0 Å². The van der Waals surface area contributed by atoms with Crippen LogP contribution in [0.15, 0.2) is 30.5 Å². The zero-order valence-electron chi connectivity index (χ0n) is 10.6. The van der Waals surface area contributed by atoms with Gasteiger partial charge in [0.25, 0.3) is 0 Å². The first-order valence-corrected chi connectivity index (χ1v) is 6.19. The van der Waals surface area contributed by atoms with Crippen molar-refractivity contribution in [3.05, 3.63) is 46.6 Å². The molecule has 103 valence electrons. The second kappa shape index (κ2) is 5.20. The van der Waals surface area contributed by atoms with E-state index in [1.54, 1.807) is 16.7 Å². The van der Waals surface area contributed by atoms with Crippen molar-refractivity contribution in [3.63, 3.8) is 0 Å². The zero-order chi connectivity index (χ0) is 13.9. The Balaban J connectivity index is 1.62. The van der Waals surface area contributed by atoms with Crippen LogP contribution in [-0.4, -0.2) is 27.2 Å². The summed E-state index contributed by atoms with van der Waals surface area (Å²) in [6.07, 6.45) is 1.95. The molecule has 2 heterocycles. The van der Waals surface area contributed by atoms with Crippen molar-refractivity contribution < 1.29 is 14.4 Å². The highest BCUT2D eigenvalue weighted by atomic mass is 16.6. The number of aromatic nitrogens is 2. The summed E-state index contributed by atoms with van der Waals surface area (Å²) < 4.78 is 12.8. The number of nitrogens with zero attached hydrogens (tertiary/aromatic N) is 3. The third kappa shape index (κ3) is 2.56. The van der Waals surface area contributed by atoms with E-state index < -0.39 is 4.92 Å². The predicted octanol–water partition coefficient (Wildman–Crippen LogP) is 1.82. The van der Waals surface area contributed by atoms with Gasteiger partial charge in [0.05, 0.1) is 0 Å². The van der Waals surface area contributed by atoms with Crippen LogP contribution in [0.5, 0.6) is 11.8 Å². The summed E-state index contributed by atoms with van der Waals surface area (Å²) in [6, 6.07) is 10.4. The summed E-state index contributed by atoms with van der Waals surface area (Å²) in [7, 11) is 0. The van der Waals surface area contributed by atoms with Crippen LogP contribution >= 0.6 is 0 Å². The van der Waals surface area contributed by atoms with E-state index in [1.165, 1.54) is 6.20 Å². The van der Waals surface area contributed by atoms with Crippen molar-refractivity contribution in [1.82, 2.24) is 9.55 Å². The lowest BCUT2D eigenvalue weighted by atomic mass is 10.2. The maximum atomic E-state index is 10.7. The van der Waals surface area contributed by atoms with Gasteiger partial charge in [-0.1, -0.05) is 12.1 Å². The quantitative estimate of drug-likeness (QED) is 0.627. The van der Waals surface area contributed by atoms with Gasteiger partial charge >= 0.3 is 11.8 Å². The third-order valence-corrected chi connectivity index (χ3v) is 3.00. The Kier molecular flexibility index (Phi) is 3.24. The molecule has 2 aromatic rings. The molecule has 3 rings (SSSR count). The number of nitro groups is 1. The van der Waals surface area contributed by atoms with E-state index >= 15 is 0 Å². The summed E-state index contributed by atoms with van der Waals surface area (Å²) in [4.78, 5) is 14.0. The highest BCUT2D eigenvalue weighted by molar-refractivity contribution is 5.22. The second-order valence-corrected chi connectivity index (χ2v) is 4.41. The van der Waals surface area contributed by atoms with Gasteiger partial charge in [-0.2, -0.15) is 0 Å². The second-order valence-electron chi connectivity index (χ2n) is 4.41. The van der Waals surface area contributed by atoms with E-state index in [2.05, 4.69) is 11.1 Å². The summed E-state index contributed by atoms with van der Waals surface area (Å²) >= 11 is 0. The molecule has 0 saturated carbocycles. The Hall–Kier alpha value is -2.57. The first-order chi connectivity index (χ1) is 9.72.